The van der Waals surface area contributed by atoms with Crippen molar-refractivity contribution < 1.29 is 4.79 Å². The summed E-state index contributed by atoms with van der Waals surface area (Å²) in [5.74, 6) is 0.0770. The van der Waals surface area contributed by atoms with E-state index in [2.05, 4.69) is 4.98 Å². The number of carbonyl (C=O) groups is 1. The fourth-order valence-electron chi connectivity index (χ4n) is 2.12. The minimum Gasteiger partial charge on any atom is -0.337 e. The van der Waals surface area contributed by atoms with Gasteiger partial charge in [0.1, 0.15) is 0 Å². The van der Waals surface area contributed by atoms with Crippen LogP contribution in [0.3, 0.4) is 0 Å². The number of rotatable bonds is 3. The predicted molar refractivity (Wildman–Crippen MR) is 70.0 cm³/mol. The Bertz CT molecular complexity index is 462. The van der Waals surface area contributed by atoms with Gasteiger partial charge in [-0.1, -0.05) is 6.08 Å². The van der Waals surface area contributed by atoms with E-state index in [1.165, 1.54) is 5.69 Å². The largest absolute Gasteiger partial charge is 0.337 e. The molecule has 0 atom stereocenters. The number of imidazole rings is 1. The van der Waals surface area contributed by atoms with Crippen molar-refractivity contribution >= 4 is 5.91 Å². The van der Waals surface area contributed by atoms with E-state index in [1.54, 1.807) is 6.08 Å². The molecule has 5 heteroatoms. The van der Waals surface area contributed by atoms with Crippen LogP contribution in [0.1, 0.15) is 11.4 Å². The quantitative estimate of drug-likeness (QED) is 0.728. The molecule has 0 N–H and O–H groups in total. The van der Waals surface area contributed by atoms with Crippen LogP contribution in [0.2, 0.25) is 0 Å². The van der Waals surface area contributed by atoms with E-state index in [9.17, 15) is 4.79 Å². The molecule has 1 aromatic heterocycles. The Kier molecular flexibility index (Phi) is 3.81. The Labute approximate surface area is 108 Å². The van der Waals surface area contributed by atoms with Crippen LogP contribution in [0.4, 0.5) is 0 Å². The fraction of sp³-hybridized carbons (Fsp3) is 0.538. The number of likely N-dealkylation sites (N-methyl/N-ethyl adjacent to an activating group) is 1. The lowest BCUT2D eigenvalue weighted by molar-refractivity contribution is -0.127. The second-order valence-electron chi connectivity index (χ2n) is 4.92. The van der Waals surface area contributed by atoms with Gasteiger partial charge in [0.25, 0.3) is 0 Å². The third kappa shape index (κ3) is 2.79. The minimum atomic E-state index is 0.0770. The van der Waals surface area contributed by atoms with E-state index in [0.717, 1.165) is 25.2 Å². The van der Waals surface area contributed by atoms with E-state index >= 15 is 0 Å². The SMILES string of the molecule is CN(C)C/C=C/C(=O)N1CCc2c(ncn2C)C1. The number of carbonyl (C=O) groups excluding carboxylic acids is 1. The van der Waals surface area contributed by atoms with Crippen LogP contribution in [0, 0.1) is 0 Å². The molecule has 0 aliphatic carbocycles. The number of aryl methyl sites for hydroxylation is 1. The average Bonchev–Trinajstić information content (AvgIpc) is 2.70. The van der Waals surface area contributed by atoms with Crippen molar-refractivity contribution in [1.29, 1.82) is 0 Å². The normalized spacial score (nSPS) is 15.4. The Morgan fingerprint density at radius 3 is 3.06 bits per heavy atom. The molecule has 5 nitrogen and oxygen atoms in total. The maximum absolute atomic E-state index is 12.0. The summed E-state index contributed by atoms with van der Waals surface area (Å²) < 4.78 is 2.04. The highest BCUT2D eigenvalue weighted by Gasteiger charge is 2.21. The van der Waals surface area contributed by atoms with Crippen LogP contribution in [-0.2, 0) is 24.8 Å². The van der Waals surface area contributed by atoms with Gasteiger partial charge in [-0.15, -0.1) is 0 Å². The van der Waals surface area contributed by atoms with Gasteiger partial charge < -0.3 is 14.4 Å². The van der Waals surface area contributed by atoms with Crippen molar-refractivity contribution in [2.45, 2.75) is 13.0 Å². The highest BCUT2D eigenvalue weighted by molar-refractivity contribution is 5.87. The lowest BCUT2D eigenvalue weighted by Crippen LogP contribution is -2.35. The van der Waals surface area contributed by atoms with Crippen LogP contribution in [0.5, 0.6) is 0 Å². The number of hydrogen-bond donors (Lipinski definition) is 0. The van der Waals surface area contributed by atoms with E-state index in [4.69, 9.17) is 0 Å². The number of amides is 1. The summed E-state index contributed by atoms with van der Waals surface area (Å²) in [7, 11) is 5.96. The number of hydrogen-bond acceptors (Lipinski definition) is 3. The number of aromatic nitrogens is 2. The Balaban J connectivity index is 1.96. The molecule has 1 aliphatic rings. The molecule has 2 rings (SSSR count). The zero-order chi connectivity index (χ0) is 13.1. The summed E-state index contributed by atoms with van der Waals surface area (Å²) in [6.45, 7) is 2.19. The Morgan fingerprint density at radius 1 is 1.56 bits per heavy atom. The molecule has 0 radical (unpaired) electrons. The van der Waals surface area contributed by atoms with Crippen molar-refractivity contribution in [3.05, 3.63) is 29.9 Å². The maximum atomic E-state index is 12.0. The Morgan fingerprint density at radius 2 is 2.33 bits per heavy atom. The molecular weight excluding hydrogens is 228 g/mol. The first-order valence-electron chi connectivity index (χ1n) is 6.17. The van der Waals surface area contributed by atoms with Crippen LogP contribution < -0.4 is 0 Å². The number of fused-ring (bicyclic) bond motifs is 1. The zero-order valence-corrected chi connectivity index (χ0v) is 11.3. The molecule has 0 saturated carbocycles. The van der Waals surface area contributed by atoms with Crippen LogP contribution >= 0.6 is 0 Å². The van der Waals surface area contributed by atoms with E-state index in [0.29, 0.717) is 6.54 Å². The van der Waals surface area contributed by atoms with E-state index in [-0.39, 0.29) is 5.91 Å². The van der Waals surface area contributed by atoms with Crippen molar-refractivity contribution in [3.8, 4) is 0 Å². The maximum Gasteiger partial charge on any atom is 0.246 e. The summed E-state index contributed by atoms with van der Waals surface area (Å²) in [6, 6.07) is 0. The molecule has 0 unspecified atom stereocenters. The monoisotopic (exact) mass is 248 g/mol. The summed E-state index contributed by atoms with van der Waals surface area (Å²) in [5, 5.41) is 0. The Hall–Kier alpha value is -1.62. The predicted octanol–water partition coefficient (Wildman–Crippen LogP) is 0.423. The minimum absolute atomic E-state index is 0.0770. The summed E-state index contributed by atoms with van der Waals surface area (Å²) in [4.78, 5) is 20.2. The lowest BCUT2D eigenvalue weighted by Gasteiger charge is -2.25. The van der Waals surface area contributed by atoms with E-state index < -0.39 is 0 Å². The zero-order valence-electron chi connectivity index (χ0n) is 11.3. The van der Waals surface area contributed by atoms with Crippen molar-refractivity contribution in [1.82, 2.24) is 19.4 Å². The van der Waals surface area contributed by atoms with Gasteiger partial charge in [0.05, 0.1) is 18.6 Å². The van der Waals surface area contributed by atoms with Gasteiger partial charge in [-0.05, 0) is 14.1 Å². The summed E-state index contributed by atoms with van der Waals surface area (Å²) in [5.41, 5.74) is 2.27. The van der Waals surface area contributed by atoms with Crippen molar-refractivity contribution in [2.75, 3.05) is 27.2 Å². The summed E-state index contributed by atoms with van der Waals surface area (Å²) >= 11 is 0. The second kappa shape index (κ2) is 5.35. The van der Waals surface area contributed by atoms with Crippen molar-refractivity contribution in [3.63, 3.8) is 0 Å². The average molecular weight is 248 g/mol. The molecule has 0 spiro atoms. The third-order valence-electron chi connectivity index (χ3n) is 3.15. The van der Waals surface area contributed by atoms with Crippen LogP contribution in [0.25, 0.3) is 0 Å². The molecule has 0 saturated heterocycles. The molecular formula is C13H20N4O. The molecule has 1 amide bonds. The van der Waals surface area contributed by atoms with Crippen LogP contribution in [-0.4, -0.2) is 52.4 Å². The van der Waals surface area contributed by atoms with Crippen molar-refractivity contribution in [2.24, 2.45) is 7.05 Å². The van der Waals surface area contributed by atoms with Crippen LogP contribution in [0.15, 0.2) is 18.5 Å². The van der Waals surface area contributed by atoms with Gasteiger partial charge in [-0.25, -0.2) is 4.98 Å². The first-order valence-corrected chi connectivity index (χ1v) is 6.17. The second-order valence-corrected chi connectivity index (χ2v) is 4.92. The molecule has 0 bridgehead atoms. The first kappa shape index (κ1) is 12.8. The van der Waals surface area contributed by atoms with Gasteiger partial charge in [0.2, 0.25) is 5.91 Å². The topological polar surface area (TPSA) is 41.4 Å². The summed E-state index contributed by atoms with van der Waals surface area (Å²) in [6.07, 6.45) is 6.27. The van der Waals surface area contributed by atoms with Gasteiger partial charge in [-0.2, -0.15) is 0 Å². The highest BCUT2D eigenvalue weighted by Crippen LogP contribution is 2.16. The highest BCUT2D eigenvalue weighted by atomic mass is 16.2. The smallest absolute Gasteiger partial charge is 0.246 e. The standard InChI is InChI=1S/C13H20N4O/c1-15(2)7-4-5-13(18)17-8-6-12-11(9-17)14-10-16(12)3/h4-5,10H,6-9H2,1-3H3/b5-4+. The van der Waals surface area contributed by atoms with Gasteiger partial charge in [0.15, 0.2) is 0 Å². The first-order chi connectivity index (χ1) is 8.58. The lowest BCUT2D eigenvalue weighted by atomic mass is 10.1. The molecule has 1 aliphatic heterocycles. The molecule has 0 fully saturated rings. The fourth-order valence-corrected chi connectivity index (χ4v) is 2.12. The number of nitrogens with zero attached hydrogens (tertiary/aromatic N) is 4. The third-order valence-corrected chi connectivity index (χ3v) is 3.15. The molecule has 2 heterocycles. The van der Waals surface area contributed by atoms with Gasteiger partial charge >= 0.3 is 0 Å². The van der Waals surface area contributed by atoms with Gasteiger partial charge in [-0.3, -0.25) is 4.79 Å². The molecule has 0 aromatic carbocycles. The molecule has 1 aromatic rings. The van der Waals surface area contributed by atoms with Gasteiger partial charge in [0, 0.05) is 38.3 Å². The van der Waals surface area contributed by atoms with E-state index in [1.807, 2.05) is 47.9 Å². The molecule has 98 valence electrons. The molecule has 18 heavy (non-hydrogen) atoms.